The van der Waals surface area contributed by atoms with Gasteiger partial charge in [0.05, 0.1) is 11.6 Å². The summed E-state index contributed by atoms with van der Waals surface area (Å²) < 4.78 is 0. The molecule has 0 bridgehead atoms. The molecule has 2 atom stereocenters. The zero-order valence-electron chi connectivity index (χ0n) is 13.6. The van der Waals surface area contributed by atoms with Crippen LogP contribution in [0.3, 0.4) is 0 Å². The first-order valence-corrected chi connectivity index (χ1v) is 9.29. The number of amides is 2. The fourth-order valence-electron chi connectivity index (χ4n) is 3.76. The van der Waals surface area contributed by atoms with Crippen molar-refractivity contribution in [2.45, 2.75) is 38.1 Å². The van der Waals surface area contributed by atoms with Gasteiger partial charge in [-0.2, -0.15) is 5.26 Å². The number of thiophene rings is 1. The van der Waals surface area contributed by atoms with Crippen LogP contribution in [0.4, 0.5) is 5.00 Å². The zero-order valence-corrected chi connectivity index (χ0v) is 14.4. The molecule has 3 rings (SSSR count). The van der Waals surface area contributed by atoms with Crippen LogP contribution in [0.5, 0.6) is 0 Å². The smallest absolute Gasteiger partial charge is 0.245 e. The number of nitrogens with two attached hydrogens (primary N) is 1. The summed E-state index contributed by atoms with van der Waals surface area (Å²) in [6, 6.07) is 3.82. The third-order valence-electron chi connectivity index (χ3n) is 4.98. The zero-order chi connectivity index (χ0) is 17.1. The minimum atomic E-state index is -0.253. The number of rotatable bonds is 5. The lowest BCUT2D eigenvalue weighted by molar-refractivity contribution is -0.122. The summed E-state index contributed by atoms with van der Waals surface area (Å²) in [6.07, 6.45) is 4.17. The highest BCUT2D eigenvalue weighted by molar-refractivity contribution is 7.14. The molecule has 2 saturated heterocycles. The van der Waals surface area contributed by atoms with Crippen LogP contribution in [-0.2, 0) is 9.59 Å². The van der Waals surface area contributed by atoms with E-state index in [4.69, 9.17) is 5.73 Å². The summed E-state index contributed by atoms with van der Waals surface area (Å²) in [5.74, 6) is 0.283. The van der Waals surface area contributed by atoms with Crippen molar-refractivity contribution in [2.24, 2.45) is 11.7 Å². The Morgan fingerprint density at radius 3 is 3.00 bits per heavy atom. The summed E-state index contributed by atoms with van der Waals surface area (Å²) in [6.45, 7) is 2.45. The molecule has 24 heavy (non-hydrogen) atoms. The number of carbonyl (C=O) groups excluding carboxylic acids is 2. The number of piperidine rings is 1. The van der Waals surface area contributed by atoms with Gasteiger partial charge in [-0.3, -0.25) is 14.5 Å². The minimum Gasteiger partial charge on any atom is -0.370 e. The van der Waals surface area contributed by atoms with Crippen LogP contribution in [0.1, 0.15) is 37.7 Å². The second-order valence-electron chi connectivity index (χ2n) is 6.55. The van der Waals surface area contributed by atoms with Gasteiger partial charge in [0.2, 0.25) is 11.8 Å². The summed E-state index contributed by atoms with van der Waals surface area (Å²) in [5.41, 5.74) is 5.83. The third kappa shape index (κ3) is 3.45. The SMILES string of the molecule is N#Cc1ccsc1N1CCC(N2CCCC(CCC(N)=O)C2)C1=O. The summed E-state index contributed by atoms with van der Waals surface area (Å²) >= 11 is 1.45. The largest absolute Gasteiger partial charge is 0.370 e. The van der Waals surface area contributed by atoms with E-state index in [1.165, 1.54) is 11.3 Å². The molecule has 128 valence electrons. The van der Waals surface area contributed by atoms with E-state index in [0.29, 0.717) is 24.4 Å². The van der Waals surface area contributed by atoms with Crippen molar-refractivity contribution in [3.63, 3.8) is 0 Å². The highest BCUT2D eigenvalue weighted by Gasteiger charge is 2.39. The van der Waals surface area contributed by atoms with Crippen LogP contribution in [0, 0.1) is 17.2 Å². The monoisotopic (exact) mass is 346 g/mol. The maximum absolute atomic E-state index is 12.9. The Hall–Kier alpha value is -1.91. The van der Waals surface area contributed by atoms with Crippen LogP contribution in [-0.4, -0.2) is 42.4 Å². The van der Waals surface area contributed by atoms with Gasteiger partial charge in [0, 0.05) is 19.5 Å². The average molecular weight is 346 g/mol. The van der Waals surface area contributed by atoms with Crippen LogP contribution >= 0.6 is 11.3 Å². The van der Waals surface area contributed by atoms with Crippen molar-refractivity contribution in [1.82, 2.24) is 4.90 Å². The maximum Gasteiger partial charge on any atom is 0.245 e. The second kappa shape index (κ2) is 7.32. The first-order valence-electron chi connectivity index (χ1n) is 8.41. The Bertz CT molecular complexity index is 666. The lowest BCUT2D eigenvalue weighted by Gasteiger charge is -2.35. The lowest BCUT2D eigenvalue weighted by Crippen LogP contribution is -2.47. The molecule has 2 N–H and O–H groups in total. The Labute approximate surface area is 145 Å². The van der Waals surface area contributed by atoms with Gasteiger partial charge in [0.1, 0.15) is 11.1 Å². The summed E-state index contributed by atoms with van der Waals surface area (Å²) in [5, 5.41) is 11.8. The van der Waals surface area contributed by atoms with E-state index in [-0.39, 0.29) is 17.9 Å². The van der Waals surface area contributed by atoms with E-state index < -0.39 is 0 Å². The molecule has 7 heteroatoms. The number of nitriles is 1. The van der Waals surface area contributed by atoms with E-state index in [2.05, 4.69) is 11.0 Å². The van der Waals surface area contributed by atoms with E-state index in [9.17, 15) is 14.9 Å². The Balaban J connectivity index is 1.64. The van der Waals surface area contributed by atoms with Crippen LogP contribution in [0.15, 0.2) is 11.4 Å². The molecule has 0 spiro atoms. The number of likely N-dealkylation sites (tertiary alicyclic amines) is 1. The minimum absolute atomic E-state index is 0.101. The Kier molecular flexibility index (Phi) is 5.17. The number of anilines is 1. The molecular formula is C17H22N4O2S. The molecule has 2 unspecified atom stereocenters. The predicted octanol–water partition coefficient (Wildman–Crippen LogP) is 1.70. The maximum atomic E-state index is 12.9. The lowest BCUT2D eigenvalue weighted by atomic mass is 9.92. The molecule has 1 aromatic rings. The van der Waals surface area contributed by atoms with Gasteiger partial charge in [0.15, 0.2) is 0 Å². The van der Waals surface area contributed by atoms with Crippen molar-refractivity contribution in [2.75, 3.05) is 24.5 Å². The number of hydrogen-bond acceptors (Lipinski definition) is 5. The van der Waals surface area contributed by atoms with Crippen LogP contribution in [0.25, 0.3) is 0 Å². The van der Waals surface area contributed by atoms with Crippen molar-refractivity contribution < 1.29 is 9.59 Å². The van der Waals surface area contributed by atoms with E-state index in [0.717, 1.165) is 43.8 Å². The molecule has 2 amide bonds. The number of nitrogens with zero attached hydrogens (tertiary/aromatic N) is 3. The normalized spacial score (nSPS) is 25.0. The molecule has 3 heterocycles. The van der Waals surface area contributed by atoms with Crippen molar-refractivity contribution >= 4 is 28.2 Å². The first-order chi connectivity index (χ1) is 11.6. The fourth-order valence-corrected chi connectivity index (χ4v) is 4.65. The molecule has 6 nitrogen and oxygen atoms in total. The van der Waals surface area contributed by atoms with Crippen molar-refractivity contribution in [3.05, 3.63) is 17.0 Å². The topological polar surface area (TPSA) is 90.4 Å². The van der Waals surface area contributed by atoms with Gasteiger partial charge >= 0.3 is 0 Å². The van der Waals surface area contributed by atoms with Gasteiger partial charge in [-0.15, -0.1) is 11.3 Å². The van der Waals surface area contributed by atoms with Crippen LogP contribution < -0.4 is 10.6 Å². The second-order valence-corrected chi connectivity index (χ2v) is 7.45. The fraction of sp³-hybridized carbons (Fsp3) is 0.588. The quantitative estimate of drug-likeness (QED) is 0.878. The molecule has 0 aromatic carbocycles. The van der Waals surface area contributed by atoms with E-state index in [1.807, 2.05) is 5.38 Å². The first kappa shape index (κ1) is 16.9. The molecule has 0 aliphatic carbocycles. The molecular weight excluding hydrogens is 324 g/mol. The number of hydrogen-bond donors (Lipinski definition) is 1. The van der Waals surface area contributed by atoms with Gasteiger partial charge in [-0.1, -0.05) is 0 Å². The van der Waals surface area contributed by atoms with Gasteiger partial charge in [0.25, 0.3) is 0 Å². The average Bonchev–Trinajstić information content (AvgIpc) is 3.19. The number of primary amides is 1. The van der Waals surface area contributed by atoms with Gasteiger partial charge in [-0.25, -0.2) is 0 Å². The van der Waals surface area contributed by atoms with E-state index in [1.54, 1.807) is 11.0 Å². The molecule has 2 fully saturated rings. The Morgan fingerprint density at radius 2 is 2.25 bits per heavy atom. The van der Waals surface area contributed by atoms with E-state index >= 15 is 0 Å². The predicted molar refractivity (Wildman–Crippen MR) is 92.5 cm³/mol. The molecule has 2 aliphatic rings. The van der Waals surface area contributed by atoms with Gasteiger partial charge in [-0.05, 0) is 49.6 Å². The van der Waals surface area contributed by atoms with Crippen molar-refractivity contribution in [3.8, 4) is 6.07 Å². The molecule has 1 aromatic heterocycles. The highest BCUT2D eigenvalue weighted by atomic mass is 32.1. The number of carbonyl (C=O) groups is 2. The highest BCUT2D eigenvalue weighted by Crippen LogP contribution is 2.33. The summed E-state index contributed by atoms with van der Waals surface area (Å²) in [4.78, 5) is 27.9. The summed E-state index contributed by atoms with van der Waals surface area (Å²) in [7, 11) is 0. The standard InChI is InChI=1S/C17H22N4O2S/c18-10-13-6-9-24-17(13)21-8-5-14(16(21)23)20-7-1-2-12(11-20)3-4-15(19)22/h6,9,12,14H,1-5,7-8,11H2,(H2,19,22). The molecule has 2 aliphatic heterocycles. The third-order valence-corrected chi connectivity index (χ3v) is 5.91. The van der Waals surface area contributed by atoms with Crippen LogP contribution in [0.2, 0.25) is 0 Å². The van der Waals surface area contributed by atoms with Crippen molar-refractivity contribution in [1.29, 1.82) is 5.26 Å². The molecule has 0 radical (unpaired) electrons. The Morgan fingerprint density at radius 1 is 1.42 bits per heavy atom. The molecule has 0 saturated carbocycles. The van der Waals surface area contributed by atoms with Gasteiger partial charge < -0.3 is 10.6 Å².